The van der Waals surface area contributed by atoms with E-state index in [1.54, 1.807) is 0 Å². The molecule has 1 atom stereocenters. The third-order valence-corrected chi connectivity index (χ3v) is 7.02. The predicted molar refractivity (Wildman–Crippen MR) is 117 cm³/mol. The minimum absolute atomic E-state index is 0.0230. The molecule has 0 bridgehead atoms. The summed E-state index contributed by atoms with van der Waals surface area (Å²) in [6, 6.07) is 7.69. The summed E-state index contributed by atoms with van der Waals surface area (Å²) in [5.41, 5.74) is 1.55. The van der Waals surface area contributed by atoms with Gasteiger partial charge in [-0.05, 0) is 31.7 Å². The maximum atomic E-state index is 12.7. The fourth-order valence-electron chi connectivity index (χ4n) is 3.50. The van der Waals surface area contributed by atoms with Gasteiger partial charge in [-0.15, -0.1) is 0 Å². The van der Waals surface area contributed by atoms with E-state index in [1.807, 2.05) is 56.8 Å². The van der Waals surface area contributed by atoms with E-state index < -0.39 is 5.97 Å². The quantitative estimate of drug-likeness (QED) is 0.589. The molecule has 1 amide bonds. The minimum atomic E-state index is -0.576. The first-order valence-corrected chi connectivity index (χ1v) is 11.6. The first-order chi connectivity index (χ1) is 14.0. The van der Waals surface area contributed by atoms with Gasteiger partial charge in [0.15, 0.2) is 6.61 Å². The topological polar surface area (TPSA) is 68.5 Å². The number of carbonyl (C=O) groups excluding carboxylic acids is 2. The third-order valence-electron chi connectivity index (χ3n) is 5.62. The number of amides is 1. The summed E-state index contributed by atoms with van der Waals surface area (Å²) in [5.74, 6) is 0.372. The van der Waals surface area contributed by atoms with Gasteiger partial charge in [-0.1, -0.05) is 51.3 Å². The van der Waals surface area contributed by atoms with Gasteiger partial charge in [0.1, 0.15) is 5.58 Å². The van der Waals surface area contributed by atoms with Crippen LogP contribution in [-0.4, -0.2) is 29.8 Å². The van der Waals surface area contributed by atoms with Gasteiger partial charge in [-0.2, -0.15) is 11.8 Å². The summed E-state index contributed by atoms with van der Waals surface area (Å²) < 4.78 is 11.1. The number of carbonyl (C=O) groups is 2. The van der Waals surface area contributed by atoms with Gasteiger partial charge in [0.05, 0.1) is 0 Å². The van der Waals surface area contributed by atoms with Gasteiger partial charge in [0, 0.05) is 28.0 Å². The second-order valence-corrected chi connectivity index (χ2v) is 9.44. The molecule has 1 aliphatic rings. The van der Waals surface area contributed by atoms with Crippen LogP contribution in [0.4, 0.5) is 0 Å². The number of hydrogen-bond acceptors (Lipinski definition) is 5. The number of fused-ring (bicyclic) bond motifs is 1. The molecule has 1 saturated carbocycles. The van der Waals surface area contributed by atoms with Crippen molar-refractivity contribution in [1.82, 2.24) is 5.32 Å². The zero-order chi connectivity index (χ0) is 20.8. The number of esters is 1. The highest BCUT2D eigenvalue weighted by Gasteiger charge is 2.24. The lowest BCUT2D eigenvalue weighted by Gasteiger charge is -2.20. The normalized spacial score (nSPS) is 16.1. The molecule has 1 unspecified atom stereocenters. The molecular weight excluding hydrogens is 386 g/mol. The summed E-state index contributed by atoms with van der Waals surface area (Å²) >= 11 is 1.89. The number of furan rings is 1. The molecule has 6 heteroatoms. The second-order valence-electron chi connectivity index (χ2n) is 8.15. The molecule has 1 aliphatic carbocycles. The Hall–Kier alpha value is -1.95. The Morgan fingerprint density at radius 2 is 1.90 bits per heavy atom. The van der Waals surface area contributed by atoms with E-state index in [0.29, 0.717) is 22.5 Å². The fourth-order valence-corrected chi connectivity index (χ4v) is 4.85. The highest BCUT2D eigenvalue weighted by molar-refractivity contribution is 7.99. The maximum Gasteiger partial charge on any atom is 0.375 e. The van der Waals surface area contributed by atoms with Crippen molar-refractivity contribution in [2.75, 3.05) is 6.61 Å². The summed E-state index contributed by atoms with van der Waals surface area (Å²) in [4.78, 5) is 24.8. The summed E-state index contributed by atoms with van der Waals surface area (Å²) in [5, 5.41) is 4.42. The lowest BCUT2D eigenvalue weighted by atomic mass is 10.0. The lowest BCUT2D eigenvalue weighted by molar-refractivity contribution is -0.125. The van der Waals surface area contributed by atoms with Crippen LogP contribution in [0.3, 0.4) is 0 Å². The number of para-hydroxylation sites is 1. The number of rotatable bonds is 8. The number of nitrogens with one attached hydrogen (secondary N) is 1. The fraction of sp³-hybridized carbons (Fsp3) is 0.565. The Balaban J connectivity index is 1.68. The Morgan fingerprint density at radius 1 is 1.17 bits per heavy atom. The number of thioether (sulfide) groups is 1. The third kappa shape index (κ3) is 5.78. The van der Waals surface area contributed by atoms with Crippen LogP contribution in [-0.2, 0) is 15.3 Å². The molecule has 1 N–H and O–H groups in total. The van der Waals surface area contributed by atoms with Gasteiger partial charge < -0.3 is 14.5 Å². The second kappa shape index (κ2) is 10.2. The number of ether oxygens (including phenoxy) is 1. The minimum Gasteiger partial charge on any atom is -0.450 e. The Morgan fingerprint density at radius 3 is 2.62 bits per heavy atom. The summed E-state index contributed by atoms with van der Waals surface area (Å²) in [6.45, 7) is 5.69. The van der Waals surface area contributed by atoms with E-state index >= 15 is 0 Å². The maximum absolute atomic E-state index is 12.7. The van der Waals surface area contributed by atoms with Gasteiger partial charge in [0.2, 0.25) is 5.76 Å². The lowest BCUT2D eigenvalue weighted by Crippen LogP contribution is -2.38. The van der Waals surface area contributed by atoms with Gasteiger partial charge in [0.25, 0.3) is 5.91 Å². The molecule has 1 heterocycles. The summed E-state index contributed by atoms with van der Waals surface area (Å²) in [6.07, 6.45) is 6.34. The monoisotopic (exact) mass is 417 g/mol. The van der Waals surface area contributed by atoms with Gasteiger partial charge >= 0.3 is 5.97 Å². The van der Waals surface area contributed by atoms with Crippen molar-refractivity contribution in [3.63, 3.8) is 0 Å². The molecule has 0 spiro atoms. The van der Waals surface area contributed by atoms with Crippen LogP contribution >= 0.6 is 11.8 Å². The highest BCUT2D eigenvalue weighted by atomic mass is 32.2. The molecule has 0 radical (unpaired) electrons. The number of hydrogen-bond donors (Lipinski definition) is 1. The molecule has 1 aromatic heterocycles. The van der Waals surface area contributed by atoms with E-state index in [1.165, 1.54) is 32.1 Å². The summed E-state index contributed by atoms with van der Waals surface area (Å²) in [7, 11) is 0. The molecule has 29 heavy (non-hydrogen) atoms. The van der Waals surface area contributed by atoms with Crippen LogP contribution in [0.25, 0.3) is 11.0 Å². The number of benzene rings is 1. The zero-order valence-corrected chi connectivity index (χ0v) is 18.3. The van der Waals surface area contributed by atoms with Gasteiger partial charge in [-0.25, -0.2) is 4.79 Å². The first-order valence-electron chi connectivity index (χ1n) is 10.5. The van der Waals surface area contributed by atoms with E-state index in [0.717, 1.165) is 10.9 Å². The van der Waals surface area contributed by atoms with Crippen LogP contribution in [0.5, 0.6) is 0 Å². The zero-order valence-electron chi connectivity index (χ0n) is 17.5. The van der Waals surface area contributed by atoms with E-state index in [9.17, 15) is 9.59 Å². The molecule has 5 nitrogen and oxygen atoms in total. The highest BCUT2D eigenvalue weighted by Crippen LogP contribution is 2.35. The van der Waals surface area contributed by atoms with Crippen LogP contribution < -0.4 is 5.32 Å². The standard InChI is InChI=1S/C23H31NO4S/c1-15(2)16(3)24-21(25)13-27-23(26)22-19(14-29-17-9-5-4-6-10-17)18-11-7-8-12-20(18)28-22/h7-8,11-12,15-17H,4-6,9-10,13-14H2,1-3H3,(H,24,25). The Kier molecular flexibility index (Phi) is 7.64. The molecule has 1 aromatic carbocycles. The van der Waals surface area contributed by atoms with E-state index in [2.05, 4.69) is 5.32 Å². The Bertz CT molecular complexity index is 839. The average Bonchev–Trinajstić information content (AvgIpc) is 3.10. The largest absolute Gasteiger partial charge is 0.450 e. The van der Waals surface area contributed by atoms with Crippen LogP contribution in [0.15, 0.2) is 28.7 Å². The average molecular weight is 418 g/mol. The molecule has 0 saturated heterocycles. The van der Waals surface area contributed by atoms with Crippen LogP contribution in [0.1, 0.15) is 69.0 Å². The van der Waals surface area contributed by atoms with Gasteiger partial charge in [-0.3, -0.25) is 4.79 Å². The van der Waals surface area contributed by atoms with E-state index in [4.69, 9.17) is 9.15 Å². The van der Waals surface area contributed by atoms with Crippen LogP contribution in [0.2, 0.25) is 0 Å². The van der Waals surface area contributed by atoms with Crippen molar-refractivity contribution in [2.24, 2.45) is 5.92 Å². The van der Waals surface area contributed by atoms with Crippen LogP contribution in [0, 0.1) is 5.92 Å². The molecule has 0 aliphatic heterocycles. The van der Waals surface area contributed by atoms with Crippen molar-refractivity contribution in [2.45, 2.75) is 69.9 Å². The molecular formula is C23H31NO4S. The Labute approximate surface area is 176 Å². The predicted octanol–water partition coefficient (Wildman–Crippen LogP) is 5.32. The molecule has 1 fully saturated rings. The molecule has 2 aromatic rings. The van der Waals surface area contributed by atoms with Crippen molar-refractivity contribution < 1.29 is 18.7 Å². The first kappa shape index (κ1) is 21.8. The van der Waals surface area contributed by atoms with Crippen molar-refractivity contribution >= 4 is 34.6 Å². The van der Waals surface area contributed by atoms with Crippen molar-refractivity contribution in [3.05, 3.63) is 35.6 Å². The SMILES string of the molecule is CC(C)C(C)NC(=O)COC(=O)c1oc2ccccc2c1CSC1CCCCC1. The van der Waals surface area contributed by atoms with Crippen molar-refractivity contribution in [3.8, 4) is 0 Å². The molecule has 3 rings (SSSR count). The molecule has 158 valence electrons. The van der Waals surface area contributed by atoms with E-state index in [-0.39, 0.29) is 24.3 Å². The smallest absolute Gasteiger partial charge is 0.375 e. The van der Waals surface area contributed by atoms with Crippen molar-refractivity contribution in [1.29, 1.82) is 0 Å².